The van der Waals surface area contributed by atoms with E-state index in [9.17, 15) is 9.59 Å². The molecule has 4 rings (SSSR count). The van der Waals surface area contributed by atoms with Gasteiger partial charge in [0.05, 0.1) is 18.3 Å². The molecule has 8 heteroatoms. The van der Waals surface area contributed by atoms with Crippen molar-refractivity contribution in [3.05, 3.63) is 89.9 Å². The minimum absolute atomic E-state index is 0.0997. The van der Waals surface area contributed by atoms with E-state index in [1.165, 1.54) is 6.20 Å². The topological polar surface area (TPSA) is 102 Å². The molecule has 2 aromatic heterocycles. The number of pyridine rings is 1. The fourth-order valence-corrected chi connectivity index (χ4v) is 2.68. The molecule has 0 unspecified atom stereocenters. The predicted octanol–water partition coefficient (Wildman–Crippen LogP) is 1.95. The first-order chi connectivity index (χ1) is 13.7. The van der Waals surface area contributed by atoms with Crippen LogP contribution in [0.1, 0.15) is 26.5 Å². The molecule has 28 heavy (non-hydrogen) atoms. The number of carbonyl (C=O) groups excluding carboxylic acids is 2. The highest BCUT2D eigenvalue weighted by atomic mass is 16.2. The Morgan fingerprint density at radius 1 is 0.821 bits per heavy atom. The van der Waals surface area contributed by atoms with Gasteiger partial charge in [0, 0.05) is 5.39 Å². The number of para-hydroxylation sites is 1. The summed E-state index contributed by atoms with van der Waals surface area (Å²) in [6, 6.07) is 20.6. The van der Waals surface area contributed by atoms with Crippen LogP contribution in [0.4, 0.5) is 0 Å². The maximum Gasteiger partial charge on any atom is 0.291 e. The number of fused-ring (bicyclic) bond motifs is 1. The summed E-state index contributed by atoms with van der Waals surface area (Å²) in [7, 11) is 0. The summed E-state index contributed by atoms with van der Waals surface area (Å²) in [5, 5.41) is 8.70. The number of hydrogen-bond donors (Lipinski definition) is 2. The lowest BCUT2D eigenvalue weighted by molar-refractivity contribution is 0.0841. The SMILES string of the molecule is O=C(NNC(=O)c1ccc2ccccc2n1)c1cn(Cc2ccccc2)nn1. The monoisotopic (exact) mass is 372 g/mol. The molecule has 8 nitrogen and oxygen atoms in total. The Morgan fingerprint density at radius 2 is 1.54 bits per heavy atom. The van der Waals surface area contributed by atoms with E-state index >= 15 is 0 Å². The van der Waals surface area contributed by atoms with Gasteiger partial charge >= 0.3 is 0 Å². The molecular weight excluding hydrogens is 356 g/mol. The Morgan fingerprint density at radius 3 is 2.36 bits per heavy atom. The molecule has 0 radical (unpaired) electrons. The van der Waals surface area contributed by atoms with Crippen LogP contribution in [-0.2, 0) is 6.54 Å². The van der Waals surface area contributed by atoms with Crippen LogP contribution in [-0.4, -0.2) is 31.8 Å². The Hall–Kier alpha value is -4.07. The van der Waals surface area contributed by atoms with Crippen molar-refractivity contribution in [3.8, 4) is 0 Å². The van der Waals surface area contributed by atoms with Gasteiger partial charge in [-0.15, -0.1) is 5.10 Å². The molecule has 2 aromatic carbocycles. The van der Waals surface area contributed by atoms with Gasteiger partial charge in [0.25, 0.3) is 11.8 Å². The van der Waals surface area contributed by atoms with E-state index in [0.29, 0.717) is 12.1 Å². The van der Waals surface area contributed by atoms with Gasteiger partial charge < -0.3 is 0 Å². The molecule has 0 atom stereocenters. The van der Waals surface area contributed by atoms with E-state index in [-0.39, 0.29) is 11.4 Å². The van der Waals surface area contributed by atoms with Gasteiger partial charge in [-0.1, -0.05) is 59.8 Å². The molecule has 0 aliphatic heterocycles. The largest absolute Gasteiger partial charge is 0.291 e. The zero-order chi connectivity index (χ0) is 19.3. The van der Waals surface area contributed by atoms with E-state index in [2.05, 4.69) is 26.1 Å². The molecule has 2 amide bonds. The van der Waals surface area contributed by atoms with Crippen LogP contribution in [0.3, 0.4) is 0 Å². The lowest BCUT2D eigenvalue weighted by Gasteiger charge is -2.06. The molecule has 0 saturated carbocycles. The maximum absolute atomic E-state index is 12.2. The molecule has 4 aromatic rings. The van der Waals surface area contributed by atoms with Crippen LogP contribution in [0.15, 0.2) is 72.9 Å². The molecule has 0 aliphatic rings. The zero-order valence-electron chi connectivity index (χ0n) is 14.7. The maximum atomic E-state index is 12.2. The molecule has 2 N–H and O–H groups in total. The molecule has 0 aliphatic carbocycles. The first-order valence-electron chi connectivity index (χ1n) is 8.59. The third-order valence-corrected chi connectivity index (χ3v) is 4.08. The normalized spacial score (nSPS) is 10.6. The fourth-order valence-electron chi connectivity index (χ4n) is 2.68. The van der Waals surface area contributed by atoms with Gasteiger partial charge in [-0.05, 0) is 17.7 Å². The third-order valence-electron chi connectivity index (χ3n) is 4.08. The molecular formula is C20H16N6O2. The summed E-state index contributed by atoms with van der Waals surface area (Å²) < 4.78 is 1.55. The highest BCUT2D eigenvalue weighted by molar-refractivity contribution is 5.98. The highest BCUT2D eigenvalue weighted by Gasteiger charge is 2.14. The zero-order valence-corrected chi connectivity index (χ0v) is 14.7. The van der Waals surface area contributed by atoms with Crippen LogP contribution in [0.5, 0.6) is 0 Å². The molecule has 0 fully saturated rings. The summed E-state index contributed by atoms with van der Waals surface area (Å²) in [5.41, 5.74) is 6.71. The molecule has 0 bridgehead atoms. The Balaban J connectivity index is 1.37. The Bertz CT molecular complexity index is 1140. The molecule has 2 heterocycles. The van der Waals surface area contributed by atoms with Gasteiger partial charge in [-0.2, -0.15) is 0 Å². The van der Waals surface area contributed by atoms with E-state index in [4.69, 9.17) is 0 Å². The van der Waals surface area contributed by atoms with Crippen LogP contribution in [0, 0.1) is 0 Å². The van der Waals surface area contributed by atoms with Crippen molar-refractivity contribution >= 4 is 22.7 Å². The first kappa shape index (κ1) is 17.3. The highest BCUT2D eigenvalue weighted by Crippen LogP contribution is 2.11. The smallest absolute Gasteiger partial charge is 0.266 e. The van der Waals surface area contributed by atoms with Crippen LogP contribution in [0.2, 0.25) is 0 Å². The first-order valence-corrected chi connectivity index (χ1v) is 8.59. The number of carbonyl (C=O) groups is 2. The van der Waals surface area contributed by atoms with Gasteiger partial charge in [-0.3, -0.25) is 20.4 Å². The number of benzene rings is 2. The molecule has 0 spiro atoms. The van der Waals surface area contributed by atoms with Gasteiger partial charge in [0.2, 0.25) is 0 Å². The average Bonchev–Trinajstić information content (AvgIpc) is 3.20. The van der Waals surface area contributed by atoms with Crippen molar-refractivity contribution in [2.75, 3.05) is 0 Å². The summed E-state index contributed by atoms with van der Waals surface area (Å²) in [4.78, 5) is 28.7. The quantitative estimate of drug-likeness (QED) is 0.533. The van der Waals surface area contributed by atoms with Crippen LogP contribution >= 0.6 is 0 Å². The fraction of sp³-hybridized carbons (Fsp3) is 0.0500. The second kappa shape index (κ2) is 7.67. The second-order valence-electron chi connectivity index (χ2n) is 6.08. The van der Waals surface area contributed by atoms with Crippen molar-refractivity contribution in [2.45, 2.75) is 6.54 Å². The van der Waals surface area contributed by atoms with Crippen molar-refractivity contribution in [2.24, 2.45) is 0 Å². The minimum Gasteiger partial charge on any atom is -0.266 e. The Labute approximate surface area is 160 Å². The van der Waals surface area contributed by atoms with Crippen molar-refractivity contribution < 1.29 is 9.59 Å². The van der Waals surface area contributed by atoms with Gasteiger partial charge in [0.15, 0.2) is 5.69 Å². The summed E-state index contributed by atoms with van der Waals surface area (Å²) >= 11 is 0. The standard InChI is InChI=1S/C20H16N6O2/c27-19(17-11-10-15-8-4-5-9-16(15)21-17)23-24-20(28)18-13-26(25-22-18)12-14-6-2-1-3-7-14/h1-11,13H,12H2,(H,23,27)(H,24,28). The Kier molecular flexibility index (Phi) is 4.75. The van der Waals surface area contributed by atoms with E-state index in [1.807, 2.05) is 54.6 Å². The number of nitrogens with one attached hydrogen (secondary N) is 2. The lowest BCUT2D eigenvalue weighted by Crippen LogP contribution is -2.42. The lowest BCUT2D eigenvalue weighted by atomic mass is 10.2. The summed E-state index contributed by atoms with van der Waals surface area (Å²) in [6.45, 7) is 0.495. The van der Waals surface area contributed by atoms with Crippen LogP contribution < -0.4 is 10.9 Å². The third kappa shape index (κ3) is 3.85. The van der Waals surface area contributed by atoms with Gasteiger partial charge in [-0.25, -0.2) is 9.67 Å². The minimum atomic E-state index is -0.562. The van der Waals surface area contributed by atoms with Crippen molar-refractivity contribution in [1.82, 2.24) is 30.8 Å². The second-order valence-corrected chi connectivity index (χ2v) is 6.08. The van der Waals surface area contributed by atoms with Crippen LogP contribution in [0.25, 0.3) is 10.9 Å². The van der Waals surface area contributed by atoms with E-state index in [1.54, 1.807) is 16.8 Å². The van der Waals surface area contributed by atoms with E-state index < -0.39 is 11.8 Å². The summed E-state index contributed by atoms with van der Waals surface area (Å²) in [5.74, 6) is -1.08. The number of amides is 2. The number of nitrogens with zero attached hydrogens (tertiary/aromatic N) is 4. The van der Waals surface area contributed by atoms with Crippen molar-refractivity contribution in [3.63, 3.8) is 0 Å². The number of aromatic nitrogens is 4. The number of hydrazine groups is 1. The molecule has 138 valence electrons. The molecule has 0 saturated heterocycles. The summed E-state index contributed by atoms with van der Waals surface area (Å²) in [6.07, 6.45) is 1.52. The van der Waals surface area contributed by atoms with Gasteiger partial charge in [0.1, 0.15) is 5.69 Å². The number of rotatable bonds is 4. The number of hydrogen-bond acceptors (Lipinski definition) is 5. The van der Waals surface area contributed by atoms with Crippen molar-refractivity contribution in [1.29, 1.82) is 0 Å². The van der Waals surface area contributed by atoms with E-state index in [0.717, 1.165) is 10.9 Å². The predicted molar refractivity (Wildman–Crippen MR) is 102 cm³/mol. The average molecular weight is 372 g/mol.